The van der Waals surface area contributed by atoms with Crippen molar-refractivity contribution in [2.45, 2.75) is 33.2 Å². The van der Waals surface area contributed by atoms with Gasteiger partial charge in [0.2, 0.25) is 15.9 Å². The number of carbonyl (C=O) groups excluding carboxylic acids is 1. The molecular weight excluding hydrogens is 417 g/mol. The van der Waals surface area contributed by atoms with Crippen molar-refractivity contribution in [3.05, 3.63) is 59.4 Å². The number of halogens is 1. The van der Waals surface area contributed by atoms with Crippen molar-refractivity contribution >= 4 is 27.3 Å². The normalized spacial score (nSPS) is 15.6. The van der Waals surface area contributed by atoms with E-state index in [9.17, 15) is 17.6 Å². The lowest BCUT2D eigenvalue weighted by Gasteiger charge is -2.39. The summed E-state index contributed by atoms with van der Waals surface area (Å²) in [5.74, 6) is -0.472. The van der Waals surface area contributed by atoms with Gasteiger partial charge in [-0.2, -0.15) is 0 Å². The molecule has 1 aliphatic heterocycles. The van der Waals surface area contributed by atoms with Gasteiger partial charge in [-0.05, 0) is 67.8 Å². The lowest BCUT2D eigenvalue weighted by molar-refractivity contribution is -0.132. The van der Waals surface area contributed by atoms with Gasteiger partial charge in [0.05, 0.1) is 11.9 Å². The van der Waals surface area contributed by atoms with Gasteiger partial charge in [-0.25, -0.2) is 12.8 Å². The molecule has 1 saturated heterocycles. The monoisotopic (exact) mass is 447 g/mol. The van der Waals surface area contributed by atoms with Gasteiger partial charge in [0.1, 0.15) is 11.9 Å². The first kappa shape index (κ1) is 23.1. The van der Waals surface area contributed by atoms with Crippen LogP contribution in [-0.4, -0.2) is 57.7 Å². The molecule has 6 nitrogen and oxygen atoms in total. The van der Waals surface area contributed by atoms with Crippen LogP contribution in [0.15, 0.2) is 42.5 Å². The van der Waals surface area contributed by atoms with Crippen molar-refractivity contribution in [3.63, 3.8) is 0 Å². The molecule has 31 heavy (non-hydrogen) atoms. The molecule has 0 N–H and O–H groups in total. The first-order chi connectivity index (χ1) is 14.6. The Morgan fingerprint density at radius 1 is 1.03 bits per heavy atom. The van der Waals surface area contributed by atoms with Gasteiger partial charge in [-0.3, -0.25) is 9.10 Å². The lowest BCUT2D eigenvalue weighted by Crippen LogP contribution is -2.56. The summed E-state index contributed by atoms with van der Waals surface area (Å²) in [5.41, 5.74) is 3.46. The maximum atomic E-state index is 13.4. The molecule has 0 aliphatic carbocycles. The average Bonchev–Trinajstić information content (AvgIpc) is 2.73. The summed E-state index contributed by atoms with van der Waals surface area (Å²) < 4.78 is 39.8. The number of benzene rings is 2. The van der Waals surface area contributed by atoms with Crippen LogP contribution < -0.4 is 9.21 Å². The Bertz CT molecular complexity index is 1030. The zero-order valence-electron chi connectivity index (χ0n) is 18.5. The predicted molar refractivity (Wildman–Crippen MR) is 123 cm³/mol. The summed E-state index contributed by atoms with van der Waals surface area (Å²) in [5, 5.41) is 0. The molecule has 168 valence electrons. The fourth-order valence-electron chi connectivity index (χ4n) is 3.95. The van der Waals surface area contributed by atoms with Gasteiger partial charge in [-0.1, -0.05) is 13.0 Å². The zero-order valence-corrected chi connectivity index (χ0v) is 19.3. The Morgan fingerprint density at radius 2 is 1.65 bits per heavy atom. The fraction of sp³-hybridized carbons (Fsp3) is 0.435. The number of anilines is 2. The Kier molecular flexibility index (Phi) is 6.89. The van der Waals surface area contributed by atoms with Crippen LogP contribution in [-0.2, 0) is 14.8 Å². The molecule has 2 aromatic rings. The number of hydrogen-bond acceptors (Lipinski definition) is 4. The topological polar surface area (TPSA) is 60.9 Å². The third-order valence-corrected chi connectivity index (χ3v) is 7.02. The number of aryl methyl sites for hydroxylation is 2. The highest BCUT2D eigenvalue weighted by Gasteiger charge is 2.35. The maximum absolute atomic E-state index is 13.4. The molecule has 2 aromatic carbocycles. The van der Waals surface area contributed by atoms with Crippen molar-refractivity contribution < 1.29 is 17.6 Å². The summed E-state index contributed by atoms with van der Waals surface area (Å²) in [6.45, 7) is 7.90. The van der Waals surface area contributed by atoms with Gasteiger partial charge < -0.3 is 9.80 Å². The number of sulfonamides is 1. The number of hydrogen-bond donors (Lipinski definition) is 0. The van der Waals surface area contributed by atoms with Crippen LogP contribution in [0.5, 0.6) is 0 Å². The lowest BCUT2D eigenvalue weighted by atomic mass is 10.1. The van der Waals surface area contributed by atoms with Crippen molar-refractivity contribution in [1.29, 1.82) is 0 Å². The van der Waals surface area contributed by atoms with Gasteiger partial charge >= 0.3 is 0 Å². The molecule has 0 unspecified atom stereocenters. The smallest absolute Gasteiger partial charge is 0.246 e. The summed E-state index contributed by atoms with van der Waals surface area (Å²) >= 11 is 0. The molecule has 1 fully saturated rings. The van der Waals surface area contributed by atoms with Gasteiger partial charge in [-0.15, -0.1) is 0 Å². The number of carbonyl (C=O) groups is 1. The van der Waals surface area contributed by atoms with Crippen molar-refractivity contribution in [2.24, 2.45) is 0 Å². The van der Waals surface area contributed by atoms with Crippen LogP contribution in [0.1, 0.15) is 24.5 Å². The van der Waals surface area contributed by atoms with Crippen LogP contribution in [0.3, 0.4) is 0 Å². The highest BCUT2D eigenvalue weighted by atomic mass is 32.2. The third kappa shape index (κ3) is 5.18. The zero-order chi connectivity index (χ0) is 22.8. The van der Waals surface area contributed by atoms with Crippen molar-refractivity contribution in [1.82, 2.24) is 4.90 Å². The third-order valence-electron chi connectivity index (χ3n) is 5.84. The van der Waals surface area contributed by atoms with Crippen LogP contribution in [0, 0.1) is 19.7 Å². The van der Waals surface area contributed by atoms with Gasteiger partial charge in [0.25, 0.3) is 0 Å². The molecule has 0 aromatic heterocycles. The second-order valence-electron chi connectivity index (χ2n) is 8.04. The minimum Gasteiger partial charge on any atom is -0.368 e. The number of amides is 1. The van der Waals surface area contributed by atoms with Crippen molar-refractivity contribution in [3.8, 4) is 0 Å². The van der Waals surface area contributed by atoms with Crippen LogP contribution in [0.25, 0.3) is 0 Å². The van der Waals surface area contributed by atoms with Crippen LogP contribution >= 0.6 is 0 Å². The molecule has 1 aliphatic rings. The summed E-state index contributed by atoms with van der Waals surface area (Å²) in [6.07, 6.45) is 1.52. The van der Waals surface area contributed by atoms with E-state index in [1.165, 1.54) is 16.4 Å². The van der Waals surface area contributed by atoms with E-state index in [4.69, 9.17) is 0 Å². The average molecular weight is 448 g/mol. The van der Waals surface area contributed by atoms with E-state index >= 15 is 0 Å². The molecule has 0 bridgehead atoms. The van der Waals surface area contributed by atoms with E-state index in [1.807, 2.05) is 32.9 Å². The molecular formula is C23H30FN3O3S. The van der Waals surface area contributed by atoms with Crippen LogP contribution in [0.2, 0.25) is 0 Å². The SMILES string of the molecule is CC[C@H](C(=O)N1CCN(c2ccc(F)cc2)CC1)N(c1ccc(C)c(C)c1)S(C)(=O)=O. The predicted octanol–water partition coefficient (Wildman–Crippen LogP) is 3.34. The van der Waals surface area contributed by atoms with E-state index in [0.717, 1.165) is 23.1 Å². The molecule has 0 spiro atoms. The largest absolute Gasteiger partial charge is 0.368 e. The number of nitrogens with zero attached hydrogens (tertiary/aromatic N) is 3. The Hall–Kier alpha value is -2.61. The van der Waals surface area contributed by atoms with Crippen molar-refractivity contribution in [2.75, 3.05) is 41.6 Å². The van der Waals surface area contributed by atoms with E-state index in [-0.39, 0.29) is 11.7 Å². The fourth-order valence-corrected chi connectivity index (χ4v) is 5.15. The maximum Gasteiger partial charge on any atom is 0.246 e. The molecule has 1 amide bonds. The van der Waals surface area contributed by atoms with E-state index in [1.54, 1.807) is 23.1 Å². The molecule has 0 saturated carbocycles. The van der Waals surface area contributed by atoms with E-state index in [0.29, 0.717) is 38.3 Å². The standard InChI is InChI=1S/C23H30FN3O3S/c1-5-22(27(31(4,29)30)21-9-6-17(2)18(3)16-21)23(28)26-14-12-25(13-15-26)20-10-7-19(24)8-11-20/h6-11,16,22H,5,12-15H2,1-4H3/t22-/m1/s1. The molecule has 3 rings (SSSR count). The second-order valence-corrected chi connectivity index (χ2v) is 9.90. The van der Waals surface area contributed by atoms with E-state index in [2.05, 4.69) is 4.90 Å². The van der Waals surface area contributed by atoms with Gasteiger partial charge in [0.15, 0.2) is 0 Å². The second kappa shape index (κ2) is 9.26. The Morgan fingerprint density at radius 3 is 2.16 bits per heavy atom. The number of piperazine rings is 1. The molecule has 8 heteroatoms. The molecule has 0 radical (unpaired) electrons. The Labute approximate surface area is 184 Å². The molecule has 1 heterocycles. The quantitative estimate of drug-likeness (QED) is 0.682. The highest BCUT2D eigenvalue weighted by molar-refractivity contribution is 7.92. The minimum atomic E-state index is -3.66. The number of rotatable bonds is 6. The van der Waals surface area contributed by atoms with Crippen LogP contribution in [0.4, 0.5) is 15.8 Å². The summed E-state index contributed by atoms with van der Waals surface area (Å²) in [4.78, 5) is 17.2. The van der Waals surface area contributed by atoms with E-state index < -0.39 is 16.1 Å². The summed E-state index contributed by atoms with van der Waals surface area (Å²) in [6, 6.07) is 11.0. The minimum absolute atomic E-state index is 0.190. The first-order valence-corrected chi connectivity index (χ1v) is 12.3. The Balaban J connectivity index is 1.79. The summed E-state index contributed by atoms with van der Waals surface area (Å²) in [7, 11) is -3.66. The first-order valence-electron chi connectivity index (χ1n) is 10.5. The highest BCUT2D eigenvalue weighted by Crippen LogP contribution is 2.26. The molecule has 1 atom stereocenters. The van der Waals surface area contributed by atoms with Gasteiger partial charge in [0, 0.05) is 31.9 Å².